The van der Waals surface area contributed by atoms with E-state index in [-0.39, 0.29) is 0 Å². The molecule has 18 heavy (non-hydrogen) atoms. The van der Waals surface area contributed by atoms with Gasteiger partial charge in [-0.3, -0.25) is 0 Å². The zero-order valence-electron chi connectivity index (χ0n) is 10.2. The van der Waals surface area contributed by atoms with Crippen LogP contribution in [0.3, 0.4) is 0 Å². The molecule has 0 saturated heterocycles. The predicted molar refractivity (Wildman–Crippen MR) is 77.4 cm³/mol. The highest BCUT2D eigenvalue weighted by atomic mass is 79.9. The highest BCUT2D eigenvalue weighted by molar-refractivity contribution is 9.10. The number of nitrogens with zero attached hydrogens (tertiary/aromatic N) is 2. The molecule has 2 rings (SSSR count). The molecule has 4 nitrogen and oxygen atoms in total. The molecule has 2 aromatic rings. The van der Waals surface area contributed by atoms with Crippen LogP contribution in [0.2, 0.25) is 0 Å². The average molecular weight is 308 g/mol. The number of anilines is 3. The minimum Gasteiger partial charge on any atom is -0.497 e. The summed E-state index contributed by atoms with van der Waals surface area (Å²) in [5, 5.41) is 0. The van der Waals surface area contributed by atoms with Gasteiger partial charge in [-0.25, -0.2) is 4.98 Å². The number of benzene rings is 1. The zero-order chi connectivity index (χ0) is 13.1. The highest BCUT2D eigenvalue weighted by Crippen LogP contribution is 2.30. The lowest BCUT2D eigenvalue weighted by atomic mass is 10.2. The number of ether oxygens (including phenoxy) is 1. The van der Waals surface area contributed by atoms with Gasteiger partial charge in [0.2, 0.25) is 0 Å². The molecular weight excluding hydrogens is 294 g/mol. The van der Waals surface area contributed by atoms with E-state index in [1.54, 1.807) is 13.3 Å². The second-order valence-electron chi connectivity index (χ2n) is 3.83. The Hall–Kier alpha value is -1.75. The molecule has 1 heterocycles. The average Bonchev–Trinajstić information content (AvgIpc) is 2.38. The van der Waals surface area contributed by atoms with E-state index in [4.69, 9.17) is 10.5 Å². The second kappa shape index (κ2) is 5.27. The van der Waals surface area contributed by atoms with Gasteiger partial charge in [-0.1, -0.05) is 6.07 Å². The van der Waals surface area contributed by atoms with Crippen LogP contribution in [-0.4, -0.2) is 19.1 Å². The van der Waals surface area contributed by atoms with Crippen LogP contribution in [0, 0.1) is 0 Å². The first-order chi connectivity index (χ1) is 8.61. The van der Waals surface area contributed by atoms with Gasteiger partial charge in [0.15, 0.2) is 5.82 Å². The Morgan fingerprint density at radius 1 is 1.33 bits per heavy atom. The molecule has 0 saturated carbocycles. The first-order valence-corrected chi connectivity index (χ1v) is 6.20. The lowest BCUT2D eigenvalue weighted by Gasteiger charge is -2.20. The fourth-order valence-corrected chi connectivity index (χ4v) is 2.02. The number of pyridine rings is 1. The minimum absolute atomic E-state index is 0.620. The Labute approximate surface area is 115 Å². The fraction of sp³-hybridized carbons (Fsp3) is 0.154. The quantitative estimate of drug-likeness (QED) is 0.946. The summed E-state index contributed by atoms with van der Waals surface area (Å²) in [5.41, 5.74) is 7.55. The molecule has 0 radical (unpaired) electrons. The van der Waals surface area contributed by atoms with Gasteiger partial charge >= 0.3 is 0 Å². The van der Waals surface area contributed by atoms with E-state index in [0.717, 1.165) is 15.9 Å². The summed E-state index contributed by atoms with van der Waals surface area (Å²) >= 11 is 3.34. The molecule has 94 valence electrons. The summed E-state index contributed by atoms with van der Waals surface area (Å²) in [5.74, 6) is 1.52. The summed E-state index contributed by atoms with van der Waals surface area (Å²) in [6, 6.07) is 9.57. The molecule has 0 amide bonds. The number of hydrogen-bond acceptors (Lipinski definition) is 4. The first kappa shape index (κ1) is 12.7. The third kappa shape index (κ3) is 2.56. The van der Waals surface area contributed by atoms with E-state index in [0.29, 0.717) is 11.5 Å². The molecule has 1 aromatic carbocycles. The Morgan fingerprint density at radius 3 is 2.78 bits per heavy atom. The van der Waals surface area contributed by atoms with Crippen LogP contribution >= 0.6 is 15.9 Å². The minimum atomic E-state index is 0.620. The number of halogens is 1. The van der Waals surface area contributed by atoms with Crippen molar-refractivity contribution < 1.29 is 4.74 Å². The normalized spacial score (nSPS) is 10.2. The lowest BCUT2D eigenvalue weighted by molar-refractivity contribution is 0.415. The third-order valence-electron chi connectivity index (χ3n) is 2.62. The van der Waals surface area contributed by atoms with Crippen LogP contribution in [-0.2, 0) is 0 Å². The number of nitrogens with two attached hydrogens (primary N) is 1. The van der Waals surface area contributed by atoms with Crippen molar-refractivity contribution in [3.63, 3.8) is 0 Å². The van der Waals surface area contributed by atoms with E-state index in [9.17, 15) is 0 Å². The lowest BCUT2D eigenvalue weighted by Crippen LogP contribution is -2.13. The molecule has 0 aliphatic heterocycles. The number of methoxy groups -OCH3 is 1. The first-order valence-electron chi connectivity index (χ1n) is 5.40. The van der Waals surface area contributed by atoms with Crippen LogP contribution in [0.5, 0.6) is 5.75 Å². The molecule has 0 fully saturated rings. The van der Waals surface area contributed by atoms with Gasteiger partial charge in [0.1, 0.15) is 5.75 Å². The molecule has 0 bridgehead atoms. The van der Waals surface area contributed by atoms with Gasteiger partial charge in [-0.2, -0.15) is 0 Å². The number of aromatic nitrogens is 1. The van der Waals surface area contributed by atoms with Crippen molar-refractivity contribution in [3.8, 4) is 5.75 Å². The van der Waals surface area contributed by atoms with Crippen molar-refractivity contribution in [2.75, 3.05) is 24.8 Å². The molecule has 0 aliphatic carbocycles. The van der Waals surface area contributed by atoms with Crippen LogP contribution < -0.4 is 15.4 Å². The summed E-state index contributed by atoms with van der Waals surface area (Å²) in [6.07, 6.45) is 1.72. The van der Waals surface area contributed by atoms with Gasteiger partial charge in [-0.05, 0) is 34.1 Å². The summed E-state index contributed by atoms with van der Waals surface area (Å²) in [6.45, 7) is 0. The van der Waals surface area contributed by atoms with Crippen molar-refractivity contribution in [3.05, 3.63) is 41.0 Å². The van der Waals surface area contributed by atoms with Crippen molar-refractivity contribution in [2.24, 2.45) is 0 Å². The maximum Gasteiger partial charge on any atom is 0.156 e. The summed E-state index contributed by atoms with van der Waals surface area (Å²) < 4.78 is 6.07. The van der Waals surface area contributed by atoms with E-state index in [1.165, 1.54) is 0 Å². The Bertz CT molecular complexity index is 560. The standard InChI is InChI=1S/C13H14BrN3O/c1-17(10-4-3-5-11(7-10)18-2)13-12(15)6-9(14)8-16-13/h3-8H,15H2,1-2H3. The SMILES string of the molecule is COc1cccc(N(C)c2ncc(Br)cc2N)c1. The van der Waals surface area contributed by atoms with E-state index >= 15 is 0 Å². The maximum absolute atomic E-state index is 5.96. The summed E-state index contributed by atoms with van der Waals surface area (Å²) in [4.78, 5) is 6.24. The van der Waals surface area contributed by atoms with Crippen molar-refractivity contribution in [1.29, 1.82) is 0 Å². The smallest absolute Gasteiger partial charge is 0.156 e. The third-order valence-corrected chi connectivity index (χ3v) is 3.05. The fourth-order valence-electron chi connectivity index (χ4n) is 1.67. The molecular formula is C13H14BrN3O. The van der Waals surface area contributed by atoms with Crippen LogP contribution in [0.15, 0.2) is 41.0 Å². The Kier molecular flexibility index (Phi) is 3.72. The van der Waals surface area contributed by atoms with Gasteiger partial charge < -0.3 is 15.4 Å². The van der Waals surface area contributed by atoms with Gasteiger partial charge in [-0.15, -0.1) is 0 Å². The van der Waals surface area contributed by atoms with Gasteiger partial charge in [0, 0.05) is 29.5 Å². The predicted octanol–water partition coefficient (Wildman–Crippen LogP) is 3.20. The zero-order valence-corrected chi connectivity index (χ0v) is 11.8. The number of hydrogen-bond donors (Lipinski definition) is 1. The molecule has 0 spiro atoms. The molecule has 2 N–H and O–H groups in total. The van der Waals surface area contributed by atoms with E-state index < -0.39 is 0 Å². The number of nitrogen functional groups attached to an aromatic ring is 1. The molecule has 5 heteroatoms. The summed E-state index contributed by atoms with van der Waals surface area (Å²) in [7, 11) is 3.56. The number of rotatable bonds is 3. The molecule has 0 atom stereocenters. The second-order valence-corrected chi connectivity index (χ2v) is 4.74. The van der Waals surface area contributed by atoms with E-state index in [1.807, 2.05) is 42.3 Å². The molecule has 0 aliphatic rings. The Morgan fingerprint density at radius 2 is 2.11 bits per heavy atom. The topological polar surface area (TPSA) is 51.4 Å². The van der Waals surface area contributed by atoms with Crippen molar-refractivity contribution in [1.82, 2.24) is 4.98 Å². The molecule has 0 unspecified atom stereocenters. The van der Waals surface area contributed by atoms with Crippen LogP contribution in [0.4, 0.5) is 17.2 Å². The van der Waals surface area contributed by atoms with Gasteiger partial charge in [0.25, 0.3) is 0 Å². The van der Waals surface area contributed by atoms with Crippen molar-refractivity contribution in [2.45, 2.75) is 0 Å². The van der Waals surface area contributed by atoms with Gasteiger partial charge in [0.05, 0.1) is 12.8 Å². The van der Waals surface area contributed by atoms with Crippen LogP contribution in [0.25, 0.3) is 0 Å². The highest BCUT2D eigenvalue weighted by Gasteiger charge is 2.10. The Balaban J connectivity index is 2.37. The van der Waals surface area contributed by atoms with E-state index in [2.05, 4.69) is 20.9 Å². The van der Waals surface area contributed by atoms with Crippen LogP contribution in [0.1, 0.15) is 0 Å². The largest absolute Gasteiger partial charge is 0.497 e. The monoisotopic (exact) mass is 307 g/mol. The van der Waals surface area contributed by atoms with Crippen molar-refractivity contribution >= 4 is 33.1 Å². The molecule has 1 aromatic heterocycles. The maximum atomic E-state index is 5.96.